The summed E-state index contributed by atoms with van der Waals surface area (Å²) in [5, 5.41) is 5.59. The van der Waals surface area contributed by atoms with Gasteiger partial charge in [0.05, 0.1) is 0 Å². The molecule has 0 aliphatic carbocycles. The van der Waals surface area contributed by atoms with Crippen molar-refractivity contribution in [3.8, 4) is 11.5 Å². The van der Waals surface area contributed by atoms with Gasteiger partial charge in [0, 0.05) is 22.9 Å². The molecule has 5 heteroatoms. The number of rotatable bonds is 5. The second kappa shape index (κ2) is 6.52. The van der Waals surface area contributed by atoms with Crippen molar-refractivity contribution in [2.75, 3.05) is 19.5 Å². The SMILES string of the molecule is CSc1cc2c(cc1CNCc1cccs1)OCCO2. The molecule has 1 aliphatic heterocycles. The molecule has 1 aromatic heterocycles. The van der Waals surface area contributed by atoms with Gasteiger partial charge in [0.1, 0.15) is 13.2 Å². The lowest BCUT2D eigenvalue weighted by Crippen LogP contribution is -2.17. The van der Waals surface area contributed by atoms with Gasteiger partial charge in [0.15, 0.2) is 11.5 Å². The maximum absolute atomic E-state index is 5.66. The molecule has 2 heterocycles. The van der Waals surface area contributed by atoms with E-state index in [1.54, 1.807) is 23.1 Å². The molecule has 0 unspecified atom stereocenters. The minimum absolute atomic E-state index is 0.633. The van der Waals surface area contributed by atoms with E-state index < -0.39 is 0 Å². The Morgan fingerprint density at radius 2 is 2.00 bits per heavy atom. The Bertz CT molecular complexity index is 570. The second-order valence-electron chi connectivity index (χ2n) is 4.49. The summed E-state index contributed by atoms with van der Waals surface area (Å²) in [5.74, 6) is 1.73. The van der Waals surface area contributed by atoms with Crippen LogP contribution in [0, 0.1) is 0 Å². The largest absolute Gasteiger partial charge is 0.486 e. The van der Waals surface area contributed by atoms with Crippen LogP contribution >= 0.6 is 23.1 Å². The number of hydrogen-bond donors (Lipinski definition) is 1. The Kier molecular flexibility index (Phi) is 4.50. The van der Waals surface area contributed by atoms with Crippen LogP contribution in [-0.4, -0.2) is 19.5 Å². The van der Waals surface area contributed by atoms with Crippen LogP contribution in [0.15, 0.2) is 34.5 Å². The smallest absolute Gasteiger partial charge is 0.162 e. The summed E-state index contributed by atoms with van der Waals surface area (Å²) in [6.07, 6.45) is 2.09. The molecular weight excluding hydrogens is 290 g/mol. The maximum atomic E-state index is 5.66. The van der Waals surface area contributed by atoms with Crippen LogP contribution in [0.5, 0.6) is 11.5 Å². The number of thiophene rings is 1. The predicted molar refractivity (Wildman–Crippen MR) is 84.1 cm³/mol. The van der Waals surface area contributed by atoms with Crippen molar-refractivity contribution in [1.29, 1.82) is 0 Å². The van der Waals surface area contributed by atoms with E-state index in [2.05, 4.69) is 41.2 Å². The first kappa shape index (κ1) is 13.8. The molecule has 2 aromatic rings. The zero-order valence-electron chi connectivity index (χ0n) is 11.3. The molecule has 0 spiro atoms. The van der Waals surface area contributed by atoms with Crippen LogP contribution in [0.1, 0.15) is 10.4 Å². The predicted octanol–water partition coefficient (Wildman–Crippen LogP) is 3.53. The van der Waals surface area contributed by atoms with Gasteiger partial charge in [-0.3, -0.25) is 0 Å². The first-order valence-corrected chi connectivity index (χ1v) is 8.67. The number of hydrogen-bond acceptors (Lipinski definition) is 5. The van der Waals surface area contributed by atoms with Gasteiger partial charge in [-0.05, 0) is 35.4 Å². The maximum Gasteiger partial charge on any atom is 0.162 e. The molecule has 0 saturated heterocycles. The first-order chi connectivity index (χ1) is 9.86. The Hall–Kier alpha value is -1.17. The average molecular weight is 307 g/mol. The summed E-state index contributed by atoms with van der Waals surface area (Å²) in [6.45, 7) is 3.01. The average Bonchev–Trinajstić information content (AvgIpc) is 3.00. The van der Waals surface area contributed by atoms with Crippen LogP contribution < -0.4 is 14.8 Å². The topological polar surface area (TPSA) is 30.5 Å². The third-order valence-corrected chi connectivity index (χ3v) is 4.84. The minimum atomic E-state index is 0.633. The van der Waals surface area contributed by atoms with Gasteiger partial charge in [-0.1, -0.05) is 6.07 Å². The molecule has 106 valence electrons. The van der Waals surface area contributed by atoms with Crippen molar-refractivity contribution >= 4 is 23.1 Å². The second-order valence-corrected chi connectivity index (χ2v) is 6.37. The highest BCUT2D eigenvalue weighted by atomic mass is 32.2. The van der Waals surface area contributed by atoms with Gasteiger partial charge in [0.25, 0.3) is 0 Å². The Morgan fingerprint density at radius 1 is 1.20 bits per heavy atom. The van der Waals surface area contributed by atoms with Gasteiger partial charge in [-0.15, -0.1) is 23.1 Å². The quantitative estimate of drug-likeness (QED) is 0.856. The summed E-state index contributed by atoms with van der Waals surface area (Å²) >= 11 is 3.52. The van der Waals surface area contributed by atoms with E-state index in [9.17, 15) is 0 Å². The summed E-state index contributed by atoms with van der Waals surface area (Å²) in [7, 11) is 0. The van der Waals surface area contributed by atoms with Crippen molar-refractivity contribution in [1.82, 2.24) is 5.32 Å². The molecule has 20 heavy (non-hydrogen) atoms. The lowest BCUT2D eigenvalue weighted by Gasteiger charge is -2.20. The number of nitrogens with one attached hydrogen (secondary N) is 1. The molecule has 1 N–H and O–H groups in total. The molecule has 1 aromatic carbocycles. The molecule has 3 rings (SSSR count). The molecule has 0 atom stereocenters. The fourth-order valence-corrected chi connectivity index (χ4v) is 3.47. The normalized spacial score (nSPS) is 13.4. The lowest BCUT2D eigenvalue weighted by atomic mass is 10.2. The molecule has 1 aliphatic rings. The molecule has 0 bridgehead atoms. The fraction of sp³-hybridized carbons (Fsp3) is 0.333. The van der Waals surface area contributed by atoms with Crippen LogP contribution in [0.2, 0.25) is 0 Å². The van der Waals surface area contributed by atoms with Gasteiger partial charge in [0.2, 0.25) is 0 Å². The number of benzene rings is 1. The zero-order chi connectivity index (χ0) is 13.8. The van der Waals surface area contributed by atoms with Crippen molar-refractivity contribution in [2.24, 2.45) is 0 Å². The highest BCUT2D eigenvalue weighted by molar-refractivity contribution is 7.98. The van der Waals surface area contributed by atoms with E-state index in [1.165, 1.54) is 15.3 Å². The Labute approximate surface area is 127 Å². The Balaban J connectivity index is 1.71. The van der Waals surface area contributed by atoms with Gasteiger partial charge < -0.3 is 14.8 Å². The van der Waals surface area contributed by atoms with Gasteiger partial charge in [-0.25, -0.2) is 0 Å². The van der Waals surface area contributed by atoms with Crippen LogP contribution in [-0.2, 0) is 13.1 Å². The minimum Gasteiger partial charge on any atom is -0.486 e. The van der Waals surface area contributed by atoms with E-state index in [1.807, 2.05) is 0 Å². The summed E-state index contributed by atoms with van der Waals surface area (Å²) < 4.78 is 11.3. The fourth-order valence-electron chi connectivity index (χ4n) is 2.17. The highest BCUT2D eigenvalue weighted by Gasteiger charge is 2.15. The molecule has 0 fully saturated rings. The van der Waals surface area contributed by atoms with Crippen molar-refractivity contribution < 1.29 is 9.47 Å². The van der Waals surface area contributed by atoms with Crippen molar-refractivity contribution in [2.45, 2.75) is 18.0 Å². The van der Waals surface area contributed by atoms with E-state index in [0.29, 0.717) is 13.2 Å². The molecule has 0 saturated carbocycles. The molecule has 0 amide bonds. The van der Waals surface area contributed by atoms with Crippen LogP contribution in [0.4, 0.5) is 0 Å². The third-order valence-electron chi connectivity index (χ3n) is 3.14. The standard InChI is InChI=1S/C15H17NO2S2/c1-19-15-8-14-13(17-4-5-18-14)7-11(15)9-16-10-12-3-2-6-20-12/h2-3,6-8,16H,4-5,9-10H2,1H3. The van der Waals surface area contributed by atoms with E-state index in [0.717, 1.165) is 24.6 Å². The first-order valence-electron chi connectivity index (χ1n) is 6.56. The number of fused-ring (bicyclic) bond motifs is 1. The van der Waals surface area contributed by atoms with Gasteiger partial charge >= 0.3 is 0 Å². The van der Waals surface area contributed by atoms with Crippen molar-refractivity contribution in [3.63, 3.8) is 0 Å². The monoisotopic (exact) mass is 307 g/mol. The van der Waals surface area contributed by atoms with E-state index in [-0.39, 0.29) is 0 Å². The zero-order valence-corrected chi connectivity index (χ0v) is 13.0. The molecular formula is C15H17NO2S2. The summed E-state index contributed by atoms with van der Waals surface area (Å²) in [6, 6.07) is 8.42. The van der Waals surface area contributed by atoms with Gasteiger partial charge in [-0.2, -0.15) is 0 Å². The Morgan fingerprint density at radius 3 is 2.70 bits per heavy atom. The summed E-state index contributed by atoms with van der Waals surface area (Å²) in [5.41, 5.74) is 1.26. The van der Waals surface area contributed by atoms with Crippen molar-refractivity contribution in [3.05, 3.63) is 40.1 Å². The van der Waals surface area contributed by atoms with E-state index in [4.69, 9.17) is 9.47 Å². The van der Waals surface area contributed by atoms with Crippen LogP contribution in [0.3, 0.4) is 0 Å². The summed E-state index contributed by atoms with van der Waals surface area (Å²) in [4.78, 5) is 2.60. The third kappa shape index (κ3) is 3.11. The molecule has 0 radical (unpaired) electrons. The number of thioether (sulfide) groups is 1. The van der Waals surface area contributed by atoms with Crippen LogP contribution in [0.25, 0.3) is 0 Å². The van der Waals surface area contributed by atoms with E-state index >= 15 is 0 Å². The highest BCUT2D eigenvalue weighted by Crippen LogP contribution is 2.36. The molecule has 3 nitrogen and oxygen atoms in total. The lowest BCUT2D eigenvalue weighted by molar-refractivity contribution is 0.171. The number of ether oxygens (including phenoxy) is 2.